The maximum absolute atomic E-state index is 12.2. The minimum Gasteiger partial charge on any atom is -0.444 e. The number of ether oxygens (including phenoxy) is 2. The lowest BCUT2D eigenvalue weighted by atomic mass is 10.2. The van der Waals surface area contributed by atoms with E-state index in [1.807, 2.05) is 0 Å². The second-order valence-electron chi connectivity index (χ2n) is 6.02. The maximum Gasteiger partial charge on any atom is 0.408 e. The Morgan fingerprint density at radius 3 is 2.40 bits per heavy atom. The molecule has 10 heteroatoms. The quantitative estimate of drug-likeness (QED) is 0.338. The predicted molar refractivity (Wildman–Crippen MR) is 85.7 cm³/mol. The number of carbonyl (C=O) groups excluding carboxylic acids is 3. The van der Waals surface area contributed by atoms with Crippen LogP contribution in [-0.4, -0.2) is 34.5 Å². The number of carbonyl (C=O) groups is 3. The number of primary amides is 1. The number of alkyl carbamates (subject to hydrolysis) is 1. The van der Waals surface area contributed by atoms with Gasteiger partial charge in [0.25, 0.3) is 0 Å². The lowest BCUT2D eigenvalue weighted by Crippen LogP contribution is -2.47. The molecule has 3 N–H and O–H groups in total. The van der Waals surface area contributed by atoms with Gasteiger partial charge in [-0.05, 0) is 26.8 Å². The van der Waals surface area contributed by atoms with E-state index < -0.39 is 46.6 Å². The molecule has 0 saturated heterocycles. The molecule has 1 aromatic rings. The van der Waals surface area contributed by atoms with Gasteiger partial charge < -0.3 is 20.5 Å². The van der Waals surface area contributed by atoms with Gasteiger partial charge >= 0.3 is 17.7 Å². The van der Waals surface area contributed by atoms with E-state index in [1.165, 1.54) is 18.2 Å². The molecule has 0 aliphatic rings. The maximum atomic E-state index is 12.2. The van der Waals surface area contributed by atoms with E-state index in [9.17, 15) is 24.5 Å². The zero-order valence-corrected chi connectivity index (χ0v) is 14.0. The Morgan fingerprint density at radius 1 is 1.28 bits per heavy atom. The first kappa shape index (κ1) is 19.9. The van der Waals surface area contributed by atoms with Gasteiger partial charge in [0.2, 0.25) is 11.7 Å². The Balaban J connectivity index is 2.92. The van der Waals surface area contributed by atoms with Crippen molar-refractivity contribution < 1.29 is 28.8 Å². The number of para-hydroxylation sites is 2. The summed E-state index contributed by atoms with van der Waals surface area (Å²) >= 11 is 0. The number of hydrogen-bond donors (Lipinski definition) is 2. The molecule has 10 nitrogen and oxygen atoms in total. The van der Waals surface area contributed by atoms with Crippen LogP contribution in [0.1, 0.15) is 27.2 Å². The minimum absolute atomic E-state index is 0.321. The first-order chi connectivity index (χ1) is 11.5. The number of rotatable bonds is 6. The van der Waals surface area contributed by atoms with Crippen molar-refractivity contribution in [2.45, 2.75) is 38.8 Å². The zero-order chi connectivity index (χ0) is 19.2. The molecule has 0 radical (unpaired) electrons. The molecule has 0 heterocycles. The van der Waals surface area contributed by atoms with Gasteiger partial charge in [-0.2, -0.15) is 0 Å². The van der Waals surface area contributed by atoms with Crippen LogP contribution in [0.3, 0.4) is 0 Å². The number of nitro benzene ring substituents is 1. The number of nitrogens with zero attached hydrogens (tertiary/aromatic N) is 1. The van der Waals surface area contributed by atoms with Crippen molar-refractivity contribution in [2.24, 2.45) is 5.73 Å². The highest BCUT2D eigenvalue weighted by Gasteiger charge is 2.29. The summed E-state index contributed by atoms with van der Waals surface area (Å²) in [7, 11) is 0. The number of nitro groups is 1. The van der Waals surface area contributed by atoms with Crippen molar-refractivity contribution in [3.05, 3.63) is 34.4 Å². The van der Waals surface area contributed by atoms with Crippen LogP contribution in [0, 0.1) is 10.1 Å². The largest absolute Gasteiger partial charge is 0.444 e. The third-order valence-corrected chi connectivity index (χ3v) is 2.65. The molecule has 136 valence electrons. The first-order valence-corrected chi connectivity index (χ1v) is 7.22. The summed E-state index contributed by atoms with van der Waals surface area (Å²) in [5.41, 5.74) is 3.79. The average Bonchev–Trinajstić information content (AvgIpc) is 2.44. The number of esters is 1. The highest BCUT2D eigenvalue weighted by Crippen LogP contribution is 2.26. The van der Waals surface area contributed by atoms with Crippen molar-refractivity contribution in [1.29, 1.82) is 0 Å². The van der Waals surface area contributed by atoms with Crippen molar-refractivity contribution in [1.82, 2.24) is 5.32 Å². The molecule has 0 bridgehead atoms. The lowest BCUT2D eigenvalue weighted by Gasteiger charge is -2.22. The van der Waals surface area contributed by atoms with Crippen molar-refractivity contribution >= 4 is 23.7 Å². The second kappa shape index (κ2) is 8.08. The van der Waals surface area contributed by atoms with Gasteiger partial charge in [0.15, 0.2) is 0 Å². The van der Waals surface area contributed by atoms with E-state index in [2.05, 4.69) is 5.32 Å². The van der Waals surface area contributed by atoms with Crippen LogP contribution in [0.25, 0.3) is 0 Å². The van der Waals surface area contributed by atoms with Crippen molar-refractivity contribution in [3.8, 4) is 5.75 Å². The third kappa shape index (κ3) is 6.85. The fourth-order valence-corrected chi connectivity index (χ4v) is 1.72. The van der Waals surface area contributed by atoms with E-state index in [0.29, 0.717) is 0 Å². The molecule has 0 aliphatic heterocycles. The van der Waals surface area contributed by atoms with Gasteiger partial charge in [0.05, 0.1) is 11.3 Å². The van der Waals surface area contributed by atoms with E-state index in [0.717, 1.165) is 6.07 Å². The summed E-state index contributed by atoms with van der Waals surface area (Å²) in [4.78, 5) is 45.3. The summed E-state index contributed by atoms with van der Waals surface area (Å²) in [6, 6.07) is 3.74. The molecule has 0 fully saturated rings. The Kier molecular flexibility index (Phi) is 6.43. The van der Waals surface area contributed by atoms with Gasteiger partial charge in [-0.3, -0.25) is 14.9 Å². The van der Waals surface area contributed by atoms with Crippen LogP contribution in [0.5, 0.6) is 5.75 Å². The molecular weight excluding hydrogens is 334 g/mol. The van der Waals surface area contributed by atoms with Gasteiger partial charge in [-0.25, -0.2) is 9.59 Å². The Hall–Kier alpha value is -3.17. The molecule has 2 amide bonds. The third-order valence-electron chi connectivity index (χ3n) is 2.65. The predicted octanol–water partition coefficient (Wildman–Crippen LogP) is 1.27. The van der Waals surface area contributed by atoms with Crippen LogP contribution in [-0.2, 0) is 14.3 Å². The number of amides is 2. The summed E-state index contributed by atoms with van der Waals surface area (Å²) in [5, 5.41) is 13.1. The second-order valence-corrected chi connectivity index (χ2v) is 6.02. The first-order valence-electron chi connectivity index (χ1n) is 7.22. The van der Waals surface area contributed by atoms with Crippen LogP contribution in [0.15, 0.2) is 24.3 Å². The smallest absolute Gasteiger partial charge is 0.408 e. The molecular formula is C15H19N3O7. The molecule has 0 unspecified atom stereocenters. The normalized spacial score (nSPS) is 12.0. The molecule has 0 aromatic heterocycles. The Bertz CT molecular complexity index is 682. The standard InChI is InChI=1S/C15H19N3O7/c1-15(2,3)25-14(21)17-9(8-12(16)19)13(20)24-11-7-5-4-6-10(11)18(22)23/h4-7,9H,8H2,1-3H3,(H2,16,19)(H,17,21)/t9-/m1/s1. The van der Waals surface area contributed by atoms with E-state index in [-0.39, 0.29) is 5.75 Å². The number of nitrogens with one attached hydrogen (secondary N) is 1. The molecule has 1 atom stereocenters. The highest BCUT2D eigenvalue weighted by atomic mass is 16.6. The van der Waals surface area contributed by atoms with E-state index in [4.69, 9.17) is 15.2 Å². The lowest BCUT2D eigenvalue weighted by molar-refractivity contribution is -0.385. The number of benzene rings is 1. The highest BCUT2D eigenvalue weighted by molar-refractivity contribution is 5.88. The molecule has 0 saturated carbocycles. The average molecular weight is 353 g/mol. The molecule has 0 aliphatic carbocycles. The number of hydrogen-bond acceptors (Lipinski definition) is 7. The van der Waals surface area contributed by atoms with Gasteiger partial charge in [-0.15, -0.1) is 0 Å². The summed E-state index contributed by atoms with van der Waals surface area (Å²) in [6.07, 6.45) is -1.52. The van der Waals surface area contributed by atoms with E-state index in [1.54, 1.807) is 20.8 Å². The topological polar surface area (TPSA) is 151 Å². The summed E-state index contributed by atoms with van der Waals surface area (Å²) in [5.74, 6) is -2.28. The fraction of sp³-hybridized carbons (Fsp3) is 0.400. The SMILES string of the molecule is CC(C)(C)OC(=O)N[C@H](CC(N)=O)C(=O)Oc1ccccc1[N+](=O)[O-]. The molecule has 1 aromatic carbocycles. The van der Waals surface area contributed by atoms with Crippen LogP contribution < -0.4 is 15.8 Å². The van der Waals surface area contributed by atoms with Crippen LogP contribution in [0.2, 0.25) is 0 Å². The number of nitrogens with two attached hydrogens (primary N) is 1. The van der Waals surface area contributed by atoms with E-state index >= 15 is 0 Å². The van der Waals surface area contributed by atoms with Crippen molar-refractivity contribution in [3.63, 3.8) is 0 Å². The zero-order valence-electron chi connectivity index (χ0n) is 14.0. The van der Waals surface area contributed by atoms with Crippen LogP contribution >= 0.6 is 0 Å². The minimum atomic E-state index is -1.45. The molecule has 25 heavy (non-hydrogen) atoms. The van der Waals surface area contributed by atoms with Gasteiger partial charge in [0.1, 0.15) is 11.6 Å². The molecule has 1 rings (SSSR count). The van der Waals surface area contributed by atoms with Gasteiger partial charge in [-0.1, -0.05) is 12.1 Å². The Labute approximate surface area is 143 Å². The summed E-state index contributed by atoms with van der Waals surface area (Å²) < 4.78 is 9.94. The fourth-order valence-electron chi connectivity index (χ4n) is 1.72. The Morgan fingerprint density at radius 2 is 1.88 bits per heavy atom. The van der Waals surface area contributed by atoms with Gasteiger partial charge in [0, 0.05) is 6.07 Å². The monoisotopic (exact) mass is 353 g/mol. The van der Waals surface area contributed by atoms with Crippen LogP contribution in [0.4, 0.5) is 10.5 Å². The summed E-state index contributed by atoms with van der Waals surface area (Å²) in [6.45, 7) is 4.84. The van der Waals surface area contributed by atoms with Crippen molar-refractivity contribution in [2.75, 3.05) is 0 Å². The molecule has 0 spiro atoms.